The van der Waals surface area contributed by atoms with Gasteiger partial charge in [0.05, 0.1) is 15.9 Å². The van der Waals surface area contributed by atoms with Crippen LogP contribution in [0.3, 0.4) is 0 Å². The van der Waals surface area contributed by atoms with Crippen LogP contribution in [0.1, 0.15) is 36.5 Å². The molecule has 23 heavy (non-hydrogen) atoms. The van der Waals surface area contributed by atoms with Gasteiger partial charge < -0.3 is 4.98 Å². The van der Waals surface area contributed by atoms with Crippen molar-refractivity contribution in [1.82, 2.24) is 14.7 Å². The summed E-state index contributed by atoms with van der Waals surface area (Å²) in [6.45, 7) is 5.07. The molecule has 0 saturated carbocycles. The van der Waals surface area contributed by atoms with Crippen LogP contribution in [-0.4, -0.2) is 23.3 Å². The minimum Gasteiger partial charge on any atom is -0.345 e. The number of hydrogen-bond donors (Lipinski definition) is 2. The molecule has 9 heteroatoms. The second kappa shape index (κ2) is 6.47. The monoisotopic (exact) mass is 338 g/mol. The third-order valence-electron chi connectivity index (χ3n) is 3.50. The molecular weight excluding hydrogens is 320 g/mol. The van der Waals surface area contributed by atoms with Crippen LogP contribution < -0.4 is 4.72 Å². The van der Waals surface area contributed by atoms with Gasteiger partial charge in [-0.15, -0.1) is 0 Å². The smallest absolute Gasteiger partial charge is 0.273 e. The number of nitro benzene ring substituents is 1. The van der Waals surface area contributed by atoms with Gasteiger partial charge in [0.25, 0.3) is 5.69 Å². The largest absolute Gasteiger partial charge is 0.345 e. The van der Waals surface area contributed by atoms with Gasteiger partial charge in [-0.05, 0) is 26.3 Å². The van der Waals surface area contributed by atoms with Crippen molar-refractivity contribution < 1.29 is 13.3 Å². The predicted molar refractivity (Wildman–Crippen MR) is 84.5 cm³/mol. The summed E-state index contributed by atoms with van der Waals surface area (Å²) in [5.41, 5.74) is 0.703. The van der Waals surface area contributed by atoms with Gasteiger partial charge >= 0.3 is 0 Å². The highest BCUT2D eigenvalue weighted by molar-refractivity contribution is 7.89. The molecule has 0 bridgehead atoms. The molecule has 0 radical (unpaired) electrons. The van der Waals surface area contributed by atoms with Gasteiger partial charge in [0.1, 0.15) is 5.82 Å². The Morgan fingerprint density at radius 1 is 1.39 bits per heavy atom. The highest BCUT2D eigenvalue weighted by Crippen LogP contribution is 2.26. The van der Waals surface area contributed by atoms with Crippen LogP contribution in [0, 0.1) is 24.0 Å². The van der Waals surface area contributed by atoms with Crippen LogP contribution in [0.15, 0.2) is 29.3 Å². The molecule has 0 aliphatic carbocycles. The molecule has 1 atom stereocenters. The second-order valence-corrected chi connectivity index (χ2v) is 6.87. The lowest BCUT2D eigenvalue weighted by Gasteiger charge is -2.16. The molecule has 1 unspecified atom stereocenters. The highest BCUT2D eigenvalue weighted by atomic mass is 32.2. The molecule has 0 amide bonds. The molecule has 1 heterocycles. The third kappa shape index (κ3) is 3.57. The molecule has 0 aliphatic rings. The number of hydrogen-bond acceptors (Lipinski definition) is 5. The van der Waals surface area contributed by atoms with E-state index >= 15 is 0 Å². The number of aromatic nitrogens is 2. The van der Waals surface area contributed by atoms with E-state index in [2.05, 4.69) is 14.7 Å². The van der Waals surface area contributed by atoms with E-state index in [-0.39, 0.29) is 16.1 Å². The fraction of sp³-hybridized carbons (Fsp3) is 0.357. The summed E-state index contributed by atoms with van der Waals surface area (Å²) in [6, 6.07) is 3.46. The predicted octanol–water partition coefficient (Wildman–Crippen LogP) is 2.36. The lowest BCUT2D eigenvalue weighted by atomic mass is 10.2. The van der Waals surface area contributed by atoms with E-state index in [1.807, 2.05) is 13.8 Å². The maximum atomic E-state index is 12.6. The summed E-state index contributed by atoms with van der Waals surface area (Å²) in [6.07, 6.45) is 2.10. The molecule has 0 spiro atoms. The van der Waals surface area contributed by atoms with Crippen molar-refractivity contribution in [2.75, 3.05) is 0 Å². The zero-order chi connectivity index (χ0) is 17.2. The number of nitrogens with one attached hydrogen (secondary N) is 2. The lowest BCUT2D eigenvalue weighted by molar-refractivity contribution is -0.385. The standard InChI is InChI=1S/C14H18N4O4S/c1-4-11(14-15-8-9(2)16-14)17-23(21,22)13-7-5-6-12(10(13)3)18(19)20/h5-8,11,17H,4H2,1-3H3,(H,15,16). The van der Waals surface area contributed by atoms with E-state index in [0.717, 1.165) is 5.69 Å². The summed E-state index contributed by atoms with van der Waals surface area (Å²) >= 11 is 0. The minimum atomic E-state index is -3.91. The van der Waals surface area contributed by atoms with Crippen molar-refractivity contribution in [2.24, 2.45) is 0 Å². The first-order valence-electron chi connectivity index (χ1n) is 7.04. The Bertz CT molecular complexity index is 829. The Morgan fingerprint density at radius 3 is 2.61 bits per heavy atom. The summed E-state index contributed by atoms with van der Waals surface area (Å²) < 4.78 is 27.8. The van der Waals surface area contributed by atoms with Crippen LogP contribution in [0.2, 0.25) is 0 Å². The van der Waals surface area contributed by atoms with E-state index in [9.17, 15) is 18.5 Å². The molecule has 2 aromatic rings. The van der Waals surface area contributed by atoms with Crippen LogP contribution in [0.5, 0.6) is 0 Å². The van der Waals surface area contributed by atoms with Gasteiger partial charge in [0.15, 0.2) is 0 Å². The summed E-state index contributed by atoms with van der Waals surface area (Å²) in [5.74, 6) is 0.511. The zero-order valence-electron chi connectivity index (χ0n) is 13.0. The van der Waals surface area contributed by atoms with Crippen molar-refractivity contribution in [1.29, 1.82) is 0 Å². The van der Waals surface area contributed by atoms with E-state index < -0.39 is 21.0 Å². The minimum absolute atomic E-state index is 0.103. The Labute approximate surface area is 134 Å². The Kier molecular flexibility index (Phi) is 4.81. The normalized spacial score (nSPS) is 13.0. The van der Waals surface area contributed by atoms with Gasteiger partial charge in [-0.1, -0.05) is 13.0 Å². The molecule has 0 saturated heterocycles. The number of sulfonamides is 1. The summed E-state index contributed by atoms with van der Waals surface area (Å²) in [5, 5.41) is 11.0. The Balaban J connectivity index is 2.39. The van der Waals surface area contributed by atoms with Gasteiger partial charge in [-0.2, -0.15) is 0 Å². The first kappa shape index (κ1) is 17.1. The number of benzene rings is 1. The van der Waals surface area contributed by atoms with E-state index in [4.69, 9.17) is 0 Å². The van der Waals surface area contributed by atoms with Gasteiger partial charge in [-0.3, -0.25) is 10.1 Å². The number of aryl methyl sites for hydroxylation is 1. The van der Waals surface area contributed by atoms with Gasteiger partial charge in [0.2, 0.25) is 10.0 Å². The third-order valence-corrected chi connectivity index (χ3v) is 5.12. The first-order chi connectivity index (χ1) is 10.8. The van der Waals surface area contributed by atoms with Crippen molar-refractivity contribution >= 4 is 15.7 Å². The molecule has 124 valence electrons. The number of imidazole rings is 1. The average Bonchev–Trinajstić information content (AvgIpc) is 2.91. The first-order valence-corrected chi connectivity index (χ1v) is 8.52. The quantitative estimate of drug-likeness (QED) is 0.619. The molecular formula is C14H18N4O4S. The molecule has 0 fully saturated rings. The number of nitro groups is 1. The van der Waals surface area contributed by atoms with Crippen molar-refractivity contribution in [3.63, 3.8) is 0 Å². The molecule has 0 aliphatic heterocycles. The summed E-state index contributed by atoms with van der Waals surface area (Å²) in [4.78, 5) is 17.4. The van der Waals surface area contributed by atoms with Gasteiger partial charge in [-0.25, -0.2) is 18.1 Å². The zero-order valence-corrected chi connectivity index (χ0v) is 13.8. The topological polar surface area (TPSA) is 118 Å². The van der Waals surface area contributed by atoms with E-state index in [0.29, 0.717) is 12.2 Å². The van der Waals surface area contributed by atoms with Crippen LogP contribution in [-0.2, 0) is 10.0 Å². The van der Waals surface area contributed by atoms with Gasteiger partial charge in [0, 0.05) is 23.5 Å². The fourth-order valence-electron chi connectivity index (χ4n) is 2.29. The van der Waals surface area contributed by atoms with Crippen molar-refractivity contribution in [3.05, 3.63) is 51.6 Å². The second-order valence-electron chi connectivity index (χ2n) is 5.19. The van der Waals surface area contributed by atoms with Crippen molar-refractivity contribution in [3.8, 4) is 0 Å². The summed E-state index contributed by atoms with van der Waals surface area (Å²) in [7, 11) is -3.91. The molecule has 2 rings (SSSR count). The van der Waals surface area contributed by atoms with Crippen molar-refractivity contribution in [2.45, 2.75) is 38.1 Å². The SMILES string of the molecule is CCC(NS(=O)(=O)c1cccc([N+](=O)[O-])c1C)c1ncc(C)[nH]1. The lowest BCUT2D eigenvalue weighted by Crippen LogP contribution is -2.29. The highest BCUT2D eigenvalue weighted by Gasteiger charge is 2.26. The van der Waals surface area contributed by atoms with Crippen LogP contribution >= 0.6 is 0 Å². The Morgan fingerprint density at radius 2 is 2.09 bits per heavy atom. The van der Waals surface area contributed by atoms with E-state index in [1.54, 1.807) is 6.20 Å². The van der Waals surface area contributed by atoms with Crippen LogP contribution in [0.4, 0.5) is 5.69 Å². The molecule has 2 N–H and O–H groups in total. The molecule has 1 aromatic heterocycles. The number of H-pyrrole nitrogens is 1. The molecule has 1 aromatic carbocycles. The maximum absolute atomic E-state index is 12.6. The maximum Gasteiger partial charge on any atom is 0.273 e. The average molecular weight is 338 g/mol. The molecule has 8 nitrogen and oxygen atoms in total. The number of nitrogens with zero attached hydrogens (tertiary/aromatic N) is 2. The fourth-order valence-corrected chi connectivity index (χ4v) is 3.83. The van der Waals surface area contributed by atoms with Crippen LogP contribution in [0.25, 0.3) is 0 Å². The Hall–Kier alpha value is -2.26. The number of rotatable bonds is 6. The number of aromatic amines is 1. The van der Waals surface area contributed by atoms with E-state index in [1.165, 1.54) is 25.1 Å².